The zero-order valence-corrected chi connectivity index (χ0v) is 18.4. The van der Waals surface area contributed by atoms with Gasteiger partial charge in [-0.05, 0) is 42.0 Å². The molecular formula is C21H19N3O5S2. The number of benzene rings is 2. The summed E-state index contributed by atoms with van der Waals surface area (Å²) in [5.74, 6) is 3.13. The van der Waals surface area contributed by atoms with Gasteiger partial charge in [0.05, 0.1) is 35.9 Å². The third-order valence-corrected chi connectivity index (χ3v) is 6.22. The van der Waals surface area contributed by atoms with E-state index in [4.69, 9.17) is 21.0 Å². The fraction of sp³-hybridized carbons (Fsp3) is 0.143. The number of thiazole rings is 1. The fourth-order valence-electron chi connectivity index (χ4n) is 2.82. The number of ether oxygens (including phenoxy) is 2. The summed E-state index contributed by atoms with van der Waals surface area (Å²) in [5.41, 5.74) is 1.39. The molecule has 0 atom stereocenters. The molecule has 2 N–H and O–H groups in total. The Morgan fingerprint density at radius 3 is 2.61 bits per heavy atom. The Morgan fingerprint density at radius 2 is 1.97 bits per heavy atom. The first kappa shape index (κ1) is 22.3. The first-order valence-corrected chi connectivity index (χ1v) is 11.2. The average molecular weight is 458 g/mol. The Bertz CT molecular complexity index is 1390. The predicted octanol–water partition coefficient (Wildman–Crippen LogP) is 2.14. The summed E-state index contributed by atoms with van der Waals surface area (Å²) in [4.78, 5) is 16.9. The lowest BCUT2D eigenvalue weighted by Gasteiger charge is -2.07. The van der Waals surface area contributed by atoms with Crippen LogP contribution in [0.25, 0.3) is 16.3 Å². The van der Waals surface area contributed by atoms with Crippen LogP contribution in [0.3, 0.4) is 0 Å². The van der Waals surface area contributed by atoms with Gasteiger partial charge < -0.3 is 14.0 Å². The molecule has 1 heterocycles. The van der Waals surface area contributed by atoms with Crippen molar-refractivity contribution in [3.8, 4) is 23.8 Å². The Kier molecular flexibility index (Phi) is 6.60. The maximum atomic E-state index is 12.4. The molecule has 1 aromatic heterocycles. The number of carbonyl (C=O) groups excluding carboxylic acids is 1. The van der Waals surface area contributed by atoms with Gasteiger partial charge in [-0.15, -0.1) is 6.42 Å². The van der Waals surface area contributed by atoms with Crippen molar-refractivity contribution in [2.24, 2.45) is 10.1 Å². The quantitative estimate of drug-likeness (QED) is 0.450. The van der Waals surface area contributed by atoms with E-state index in [9.17, 15) is 13.2 Å². The first-order chi connectivity index (χ1) is 14.8. The van der Waals surface area contributed by atoms with Crippen molar-refractivity contribution in [1.29, 1.82) is 0 Å². The number of rotatable bonds is 6. The maximum Gasteiger partial charge on any atom is 0.272 e. The molecule has 10 heteroatoms. The Morgan fingerprint density at radius 1 is 1.23 bits per heavy atom. The number of nitrogens with zero attached hydrogens (tertiary/aromatic N) is 2. The molecule has 2 aromatic carbocycles. The third-order valence-electron chi connectivity index (χ3n) is 4.26. The summed E-state index contributed by atoms with van der Waals surface area (Å²) in [6, 6.07) is 9.65. The number of primary sulfonamides is 1. The molecule has 160 valence electrons. The van der Waals surface area contributed by atoms with E-state index in [0.717, 1.165) is 16.9 Å². The van der Waals surface area contributed by atoms with Gasteiger partial charge in [-0.2, -0.15) is 4.99 Å². The van der Waals surface area contributed by atoms with E-state index >= 15 is 0 Å². The van der Waals surface area contributed by atoms with Gasteiger partial charge in [0.1, 0.15) is 0 Å². The highest BCUT2D eigenvalue weighted by Gasteiger charge is 2.12. The molecular weight excluding hydrogens is 438 g/mol. The summed E-state index contributed by atoms with van der Waals surface area (Å²) in [6.45, 7) is 0.167. The van der Waals surface area contributed by atoms with Crippen LogP contribution in [0.1, 0.15) is 5.56 Å². The van der Waals surface area contributed by atoms with Gasteiger partial charge in [-0.1, -0.05) is 23.3 Å². The number of terminal acetylenes is 1. The summed E-state index contributed by atoms with van der Waals surface area (Å²) >= 11 is 1.14. The highest BCUT2D eigenvalue weighted by Crippen LogP contribution is 2.28. The largest absolute Gasteiger partial charge is 0.493 e. The second kappa shape index (κ2) is 9.18. The van der Waals surface area contributed by atoms with Crippen molar-refractivity contribution < 1.29 is 22.7 Å². The zero-order chi connectivity index (χ0) is 22.6. The number of sulfonamides is 1. The molecule has 0 aliphatic rings. The van der Waals surface area contributed by atoms with Crippen LogP contribution in [0.5, 0.6) is 11.5 Å². The average Bonchev–Trinajstić information content (AvgIpc) is 3.07. The minimum atomic E-state index is -3.85. The third kappa shape index (κ3) is 5.03. The van der Waals surface area contributed by atoms with Crippen molar-refractivity contribution in [2.75, 3.05) is 14.2 Å². The van der Waals surface area contributed by atoms with Crippen molar-refractivity contribution in [3.63, 3.8) is 0 Å². The minimum Gasteiger partial charge on any atom is -0.493 e. The van der Waals surface area contributed by atoms with Crippen LogP contribution >= 0.6 is 11.3 Å². The summed E-state index contributed by atoms with van der Waals surface area (Å²) in [7, 11) is -0.788. The number of carbonyl (C=O) groups is 1. The number of aromatic nitrogens is 1. The van der Waals surface area contributed by atoms with Gasteiger partial charge in [-0.3, -0.25) is 4.79 Å². The van der Waals surface area contributed by atoms with E-state index in [-0.39, 0.29) is 11.4 Å². The molecule has 31 heavy (non-hydrogen) atoms. The summed E-state index contributed by atoms with van der Waals surface area (Å²) < 4.78 is 35.9. The lowest BCUT2D eigenvalue weighted by atomic mass is 10.2. The SMILES string of the molecule is C#CCn1c(=NC(=O)C=Cc2ccc(OC)c(OC)c2)sc2cc(S(N)(=O)=O)ccc21. The van der Waals surface area contributed by atoms with E-state index in [1.54, 1.807) is 34.9 Å². The van der Waals surface area contributed by atoms with E-state index in [1.807, 2.05) is 0 Å². The second-order valence-electron chi connectivity index (χ2n) is 6.25. The van der Waals surface area contributed by atoms with Crippen LogP contribution in [0, 0.1) is 12.3 Å². The molecule has 0 bridgehead atoms. The fourth-order valence-corrected chi connectivity index (χ4v) is 4.50. The first-order valence-electron chi connectivity index (χ1n) is 8.85. The van der Waals surface area contributed by atoms with Gasteiger partial charge >= 0.3 is 0 Å². The molecule has 0 aliphatic heterocycles. The van der Waals surface area contributed by atoms with Gasteiger partial charge in [0.15, 0.2) is 16.3 Å². The summed E-state index contributed by atoms with van der Waals surface area (Å²) in [6.07, 6.45) is 8.37. The molecule has 0 saturated heterocycles. The molecule has 0 unspecified atom stereocenters. The maximum absolute atomic E-state index is 12.4. The molecule has 3 rings (SSSR count). The van der Waals surface area contributed by atoms with Gasteiger partial charge in [0, 0.05) is 6.08 Å². The molecule has 0 aliphatic carbocycles. The Hall–Kier alpha value is -3.39. The van der Waals surface area contributed by atoms with Crippen LogP contribution in [-0.4, -0.2) is 33.1 Å². The van der Waals surface area contributed by atoms with Crippen molar-refractivity contribution in [2.45, 2.75) is 11.4 Å². The van der Waals surface area contributed by atoms with Crippen molar-refractivity contribution in [3.05, 3.63) is 52.8 Å². The normalized spacial score (nSPS) is 12.3. The standard InChI is InChI=1S/C21H19N3O5S2/c1-4-11-24-16-8-7-15(31(22,26)27)13-19(16)30-21(24)23-20(25)10-6-14-5-9-17(28-2)18(12-14)29-3/h1,5-10,12-13H,11H2,2-3H3,(H2,22,26,27). The van der Waals surface area contributed by atoms with Crippen molar-refractivity contribution >= 4 is 43.6 Å². The van der Waals surface area contributed by atoms with Crippen LogP contribution in [-0.2, 0) is 21.4 Å². The molecule has 3 aromatic rings. The van der Waals surface area contributed by atoms with E-state index < -0.39 is 15.9 Å². The van der Waals surface area contributed by atoms with Crippen LogP contribution in [0.4, 0.5) is 0 Å². The molecule has 0 radical (unpaired) electrons. The van der Waals surface area contributed by atoms with Crippen LogP contribution < -0.4 is 19.4 Å². The van der Waals surface area contributed by atoms with E-state index in [2.05, 4.69) is 10.9 Å². The smallest absolute Gasteiger partial charge is 0.272 e. The highest BCUT2D eigenvalue weighted by atomic mass is 32.2. The monoisotopic (exact) mass is 457 g/mol. The molecule has 1 amide bonds. The molecule has 8 nitrogen and oxygen atoms in total. The lowest BCUT2D eigenvalue weighted by molar-refractivity contribution is -0.113. The van der Waals surface area contributed by atoms with Crippen LogP contribution in [0.15, 0.2) is 52.4 Å². The predicted molar refractivity (Wildman–Crippen MR) is 119 cm³/mol. The minimum absolute atomic E-state index is 0.0275. The van der Waals surface area contributed by atoms with Gasteiger partial charge in [-0.25, -0.2) is 13.6 Å². The number of methoxy groups -OCH3 is 2. The van der Waals surface area contributed by atoms with Gasteiger partial charge in [0.2, 0.25) is 10.0 Å². The number of hydrogen-bond acceptors (Lipinski definition) is 6. The number of fused-ring (bicyclic) bond motifs is 1. The Labute approximate surface area is 183 Å². The zero-order valence-electron chi connectivity index (χ0n) is 16.7. The summed E-state index contributed by atoms with van der Waals surface area (Å²) in [5, 5.41) is 5.20. The van der Waals surface area contributed by atoms with E-state index in [1.165, 1.54) is 32.4 Å². The lowest BCUT2D eigenvalue weighted by Crippen LogP contribution is -2.16. The number of hydrogen-bond donors (Lipinski definition) is 1. The van der Waals surface area contributed by atoms with E-state index in [0.29, 0.717) is 26.5 Å². The second-order valence-corrected chi connectivity index (χ2v) is 8.82. The molecule has 0 fully saturated rings. The van der Waals surface area contributed by atoms with Crippen LogP contribution in [0.2, 0.25) is 0 Å². The Balaban J connectivity index is 1.99. The highest BCUT2D eigenvalue weighted by molar-refractivity contribution is 7.89. The molecule has 0 spiro atoms. The number of nitrogens with two attached hydrogens (primary N) is 1. The molecule has 0 saturated carbocycles. The number of amides is 1. The van der Waals surface area contributed by atoms with Gasteiger partial charge in [0.25, 0.3) is 5.91 Å². The van der Waals surface area contributed by atoms with Crippen molar-refractivity contribution in [1.82, 2.24) is 4.57 Å². The topological polar surface area (TPSA) is 113 Å².